The number of hydrogen-bond donors (Lipinski definition) is 2. The summed E-state index contributed by atoms with van der Waals surface area (Å²) in [4.78, 5) is 22.2. The highest BCUT2D eigenvalue weighted by atomic mass is 16.2. The monoisotopic (exact) mass is 299 g/mol. The predicted molar refractivity (Wildman–Crippen MR) is 86.7 cm³/mol. The molecule has 22 heavy (non-hydrogen) atoms. The number of carbonyl (C=O) groups is 1. The van der Waals surface area contributed by atoms with E-state index in [9.17, 15) is 4.79 Å². The van der Waals surface area contributed by atoms with Crippen LogP contribution in [-0.4, -0.2) is 36.6 Å². The van der Waals surface area contributed by atoms with Crippen molar-refractivity contribution in [3.63, 3.8) is 0 Å². The molecule has 2 N–H and O–H groups in total. The molecule has 0 unspecified atom stereocenters. The molecule has 2 aromatic heterocycles. The zero-order valence-corrected chi connectivity index (χ0v) is 12.9. The Balaban J connectivity index is 1.72. The highest BCUT2D eigenvalue weighted by Crippen LogP contribution is 2.07. The molecule has 2 amide bonds. The average Bonchev–Trinajstić information content (AvgIpc) is 2.54. The molecular formula is C16H21N5O. The summed E-state index contributed by atoms with van der Waals surface area (Å²) in [6.45, 7) is 0.975. The maximum absolute atomic E-state index is 11.7. The molecule has 2 rings (SSSR count). The molecule has 0 aliphatic carbocycles. The van der Waals surface area contributed by atoms with Crippen molar-refractivity contribution < 1.29 is 4.79 Å². The molecule has 0 radical (unpaired) electrons. The van der Waals surface area contributed by atoms with E-state index in [-0.39, 0.29) is 6.03 Å². The fraction of sp³-hybridized carbons (Fsp3) is 0.312. The second kappa shape index (κ2) is 7.97. The first-order chi connectivity index (χ1) is 10.6. The van der Waals surface area contributed by atoms with E-state index in [1.807, 2.05) is 49.3 Å². The third-order valence-electron chi connectivity index (χ3n) is 3.10. The minimum absolute atomic E-state index is 0.194. The number of nitrogens with one attached hydrogen (secondary N) is 2. The van der Waals surface area contributed by atoms with Crippen molar-refractivity contribution in [2.45, 2.75) is 13.0 Å². The fourth-order valence-electron chi connectivity index (χ4n) is 1.91. The largest absolute Gasteiger partial charge is 0.363 e. The van der Waals surface area contributed by atoms with Crippen LogP contribution in [0.5, 0.6) is 0 Å². The van der Waals surface area contributed by atoms with Crippen LogP contribution in [0, 0.1) is 0 Å². The van der Waals surface area contributed by atoms with Gasteiger partial charge in [-0.15, -0.1) is 0 Å². The standard InChI is InChI=1S/C16H21N5O/c1-21(2)15-7-3-6-14(20-15)12-19-16(22)18-10-8-13-5-4-9-17-11-13/h3-7,9,11H,8,10,12H2,1-2H3,(H2,18,19,22). The molecule has 0 saturated heterocycles. The van der Waals surface area contributed by atoms with Gasteiger partial charge in [0.25, 0.3) is 0 Å². The number of hydrogen-bond acceptors (Lipinski definition) is 4. The van der Waals surface area contributed by atoms with Crippen LogP contribution in [0.4, 0.5) is 10.6 Å². The number of pyridine rings is 2. The van der Waals surface area contributed by atoms with Crippen molar-refractivity contribution in [2.24, 2.45) is 0 Å². The molecule has 0 spiro atoms. The summed E-state index contributed by atoms with van der Waals surface area (Å²) in [6.07, 6.45) is 4.30. The summed E-state index contributed by atoms with van der Waals surface area (Å²) in [5, 5.41) is 5.63. The van der Waals surface area contributed by atoms with Crippen LogP contribution < -0.4 is 15.5 Å². The number of nitrogens with zero attached hydrogens (tertiary/aromatic N) is 3. The summed E-state index contributed by atoms with van der Waals surface area (Å²) >= 11 is 0. The quantitative estimate of drug-likeness (QED) is 0.850. The Morgan fingerprint density at radius 1 is 1.18 bits per heavy atom. The van der Waals surface area contributed by atoms with Gasteiger partial charge in [-0.25, -0.2) is 9.78 Å². The third kappa shape index (κ3) is 5.05. The minimum atomic E-state index is -0.194. The van der Waals surface area contributed by atoms with Crippen LogP contribution in [0.3, 0.4) is 0 Å². The van der Waals surface area contributed by atoms with E-state index >= 15 is 0 Å². The second-order valence-electron chi connectivity index (χ2n) is 5.10. The summed E-state index contributed by atoms with van der Waals surface area (Å²) in [7, 11) is 3.87. The Bertz CT molecular complexity index is 600. The molecule has 0 saturated carbocycles. The van der Waals surface area contributed by atoms with Gasteiger partial charge < -0.3 is 15.5 Å². The van der Waals surface area contributed by atoms with Gasteiger partial charge in [-0.3, -0.25) is 4.98 Å². The number of urea groups is 1. The highest BCUT2D eigenvalue weighted by Gasteiger charge is 2.03. The van der Waals surface area contributed by atoms with Crippen molar-refractivity contribution >= 4 is 11.8 Å². The van der Waals surface area contributed by atoms with Gasteiger partial charge in [0, 0.05) is 33.0 Å². The first-order valence-corrected chi connectivity index (χ1v) is 7.19. The minimum Gasteiger partial charge on any atom is -0.363 e. The van der Waals surface area contributed by atoms with Crippen molar-refractivity contribution in [1.29, 1.82) is 0 Å². The Morgan fingerprint density at radius 3 is 2.77 bits per heavy atom. The van der Waals surface area contributed by atoms with Gasteiger partial charge in [-0.2, -0.15) is 0 Å². The van der Waals surface area contributed by atoms with Crippen LogP contribution in [0.1, 0.15) is 11.3 Å². The van der Waals surface area contributed by atoms with E-state index in [0.29, 0.717) is 13.1 Å². The number of carbonyl (C=O) groups excluding carboxylic acids is 1. The van der Waals surface area contributed by atoms with Gasteiger partial charge in [0.2, 0.25) is 0 Å². The molecule has 2 heterocycles. The summed E-state index contributed by atoms with van der Waals surface area (Å²) in [5.41, 5.74) is 1.93. The molecule has 116 valence electrons. The van der Waals surface area contributed by atoms with Gasteiger partial charge in [0.1, 0.15) is 5.82 Å². The molecule has 0 aliphatic heterocycles. The first-order valence-electron chi connectivity index (χ1n) is 7.19. The van der Waals surface area contributed by atoms with Gasteiger partial charge in [-0.05, 0) is 30.2 Å². The summed E-state index contributed by atoms with van der Waals surface area (Å²) in [5.74, 6) is 0.872. The second-order valence-corrected chi connectivity index (χ2v) is 5.10. The van der Waals surface area contributed by atoms with Crippen LogP contribution in [0.2, 0.25) is 0 Å². The smallest absolute Gasteiger partial charge is 0.315 e. The van der Waals surface area contributed by atoms with Gasteiger partial charge in [0.05, 0.1) is 12.2 Å². The topological polar surface area (TPSA) is 70.2 Å². The summed E-state index contributed by atoms with van der Waals surface area (Å²) < 4.78 is 0. The maximum Gasteiger partial charge on any atom is 0.315 e. The Morgan fingerprint density at radius 2 is 2.05 bits per heavy atom. The molecule has 0 bridgehead atoms. The van der Waals surface area contributed by atoms with Gasteiger partial charge in [-0.1, -0.05) is 12.1 Å². The average molecular weight is 299 g/mol. The third-order valence-corrected chi connectivity index (χ3v) is 3.10. The maximum atomic E-state index is 11.7. The molecule has 0 fully saturated rings. The zero-order valence-electron chi connectivity index (χ0n) is 12.9. The lowest BCUT2D eigenvalue weighted by molar-refractivity contribution is 0.240. The summed E-state index contributed by atoms with van der Waals surface area (Å²) in [6, 6.07) is 9.43. The zero-order chi connectivity index (χ0) is 15.8. The van der Waals surface area contributed by atoms with E-state index in [2.05, 4.69) is 20.6 Å². The van der Waals surface area contributed by atoms with Crippen LogP contribution >= 0.6 is 0 Å². The Hall–Kier alpha value is -2.63. The number of aromatic nitrogens is 2. The lowest BCUT2D eigenvalue weighted by atomic mass is 10.2. The molecule has 2 aromatic rings. The number of amides is 2. The van der Waals surface area contributed by atoms with E-state index < -0.39 is 0 Å². The van der Waals surface area contributed by atoms with Crippen molar-refractivity contribution in [3.05, 3.63) is 54.0 Å². The fourth-order valence-corrected chi connectivity index (χ4v) is 1.91. The molecule has 0 atom stereocenters. The normalized spacial score (nSPS) is 10.1. The van der Waals surface area contributed by atoms with E-state index in [4.69, 9.17) is 0 Å². The number of rotatable bonds is 6. The van der Waals surface area contributed by atoms with Crippen LogP contribution in [0.25, 0.3) is 0 Å². The van der Waals surface area contributed by atoms with E-state index in [1.54, 1.807) is 12.4 Å². The van der Waals surface area contributed by atoms with Gasteiger partial charge >= 0.3 is 6.03 Å². The number of anilines is 1. The lowest BCUT2D eigenvalue weighted by Gasteiger charge is -2.12. The molecular weight excluding hydrogens is 278 g/mol. The van der Waals surface area contributed by atoms with E-state index in [0.717, 1.165) is 23.5 Å². The Kier molecular flexibility index (Phi) is 5.71. The first kappa shape index (κ1) is 15.8. The molecule has 0 aliphatic rings. The molecule has 6 heteroatoms. The van der Waals surface area contributed by atoms with Crippen molar-refractivity contribution in [2.75, 3.05) is 25.5 Å². The predicted octanol–water partition coefficient (Wildman–Crippen LogP) is 1.58. The van der Waals surface area contributed by atoms with Gasteiger partial charge in [0.15, 0.2) is 0 Å². The molecule has 6 nitrogen and oxygen atoms in total. The SMILES string of the molecule is CN(C)c1cccc(CNC(=O)NCCc2cccnc2)n1. The molecule has 0 aromatic carbocycles. The van der Waals surface area contributed by atoms with Crippen molar-refractivity contribution in [3.8, 4) is 0 Å². The highest BCUT2D eigenvalue weighted by molar-refractivity contribution is 5.73. The Labute approximate surface area is 130 Å². The van der Waals surface area contributed by atoms with Crippen LogP contribution in [-0.2, 0) is 13.0 Å². The van der Waals surface area contributed by atoms with E-state index in [1.165, 1.54) is 0 Å². The lowest BCUT2D eigenvalue weighted by Crippen LogP contribution is -2.36. The van der Waals surface area contributed by atoms with Crippen molar-refractivity contribution in [1.82, 2.24) is 20.6 Å². The van der Waals surface area contributed by atoms with Crippen LogP contribution in [0.15, 0.2) is 42.7 Å².